The molecule has 0 saturated heterocycles. The van der Waals surface area contributed by atoms with Gasteiger partial charge >= 0.3 is 0 Å². The fraction of sp³-hybridized carbons (Fsp3) is 0.200. The normalized spacial score (nSPS) is 12.0. The molecule has 2 rings (SSSR count). The van der Waals surface area contributed by atoms with Gasteiger partial charge in [-0.05, 0) is 25.1 Å². The van der Waals surface area contributed by atoms with Crippen molar-refractivity contribution in [3.05, 3.63) is 68.2 Å². The molecule has 0 radical (unpaired) electrons. The van der Waals surface area contributed by atoms with Crippen LogP contribution in [0, 0.1) is 10.1 Å². The molecule has 5 nitrogen and oxygen atoms in total. The Morgan fingerprint density at radius 3 is 2.71 bits per heavy atom. The molecule has 0 unspecified atom stereocenters. The van der Waals surface area contributed by atoms with Crippen LogP contribution in [0.1, 0.15) is 24.1 Å². The first-order valence-electron chi connectivity index (χ1n) is 6.39. The van der Waals surface area contributed by atoms with Crippen LogP contribution in [0.4, 0.5) is 5.69 Å². The third-order valence-corrected chi connectivity index (χ3v) is 3.53. The molecule has 0 aliphatic heterocycles. The van der Waals surface area contributed by atoms with Crippen molar-refractivity contribution < 1.29 is 9.66 Å². The van der Waals surface area contributed by atoms with Crippen molar-refractivity contribution in [2.45, 2.75) is 19.6 Å². The molecule has 0 aliphatic rings. The third-order valence-electron chi connectivity index (χ3n) is 3.04. The van der Waals surface area contributed by atoms with Gasteiger partial charge in [-0.25, -0.2) is 0 Å². The van der Waals surface area contributed by atoms with Gasteiger partial charge in [0.1, 0.15) is 12.4 Å². The first kappa shape index (κ1) is 15.5. The zero-order chi connectivity index (χ0) is 15.4. The fourth-order valence-electron chi connectivity index (χ4n) is 1.97. The topological polar surface area (TPSA) is 78.4 Å². The summed E-state index contributed by atoms with van der Waals surface area (Å²) in [5.41, 5.74) is 7.31. The molecule has 2 aromatic rings. The number of nitro benzene ring substituents is 1. The number of benzene rings is 2. The van der Waals surface area contributed by atoms with E-state index < -0.39 is 4.92 Å². The van der Waals surface area contributed by atoms with E-state index in [0.717, 1.165) is 5.56 Å². The second-order valence-electron chi connectivity index (χ2n) is 4.65. The minimum Gasteiger partial charge on any atom is -0.488 e. The maximum Gasteiger partial charge on any atom is 0.277 e. The number of rotatable bonds is 5. The van der Waals surface area contributed by atoms with Gasteiger partial charge in [-0.15, -0.1) is 0 Å². The van der Waals surface area contributed by atoms with Crippen LogP contribution in [-0.4, -0.2) is 4.92 Å². The van der Waals surface area contributed by atoms with Gasteiger partial charge in [-0.1, -0.05) is 34.1 Å². The van der Waals surface area contributed by atoms with Gasteiger partial charge in [0.25, 0.3) is 5.69 Å². The Morgan fingerprint density at radius 1 is 1.33 bits per heavy atom. The first-order valence-corrected chi connectivity index (χ1v) is 7.18. The van der Waals surface area contributed by atoms with E-state index in [2.05, 4.69) is 15.9 Å². The summed E-state index contributed by atoms with van der Waals surface area (Å²) in [5.74, 6) is 0.643. The van der Waals surface area contributed by atoms with Gasteiger partial charge in [0.05, 0.1) is 10.5 Å². The van der Waals surface area contributed by atoms with Gasteiger partial charge in [0.2, 0.25) is 0 Å². The van der Waals surface area contributed by atoms with Crippen LogP contribution in [0.5, 0.6) is 5.75 Å². The van der Waals surface area contributed by atoms with Gasteiger partial charge in [-0.3, -0.25) is 10.1 Å². The molecule has 6 heteroatoms. The maximum absolute atomic E-state index is 11.1. The monoisotopic (exact) mass is 350 g/mol. The van der Waals surface area contributed by atoms with E-state index in [-0.39, 0.29) is 18.3 Å². The summed E-state index contributed by atoms with van der Waals surface area (Å²) in [4.78, 5) is 10.7. The molecule has 0 spiro atoms. The number of halogens is 1. The molecule has 0 aliphatic carbocycles. The number of nitrogens with two attached hydrogens (primary N) is 1. The van der Waals surface area contributed by atoms with E-state index in [1.165, 1.54) is 6.07 Å². The minimum absolute atomic E-state index is 0.0302. The molecule has 0 heterocycles. The van der Waals surface area contributed by atoms with Crippen molar-refractivity contribution in [1.29, 1.82) is 0 Å². The summed E-state index contributed by atoms with van der Waals surface area (Å²) < 4.78 is 6.38. The highest BCUT2D eigenvalue weighted by Crippen LogP contribution is 2.27. The minimum atomic E-state index is -0.416. The zero-order valence-electron chi connectivity index (χ0n) is 11.5. The number of nitro groups is 1. The molecule has 0 saturated carbocycles. The average molecular weight is 351 g/mol. The fourth-order valence-corrected chi connectivity index (χ4v) is 2.32. The zero-order valence-corrected chi connectivity index (χ0v) is 13.0. The first-order chi connectivity index (χ1) is 9.99. The lowest BCUT2D eigenvalue weighted by Gasteiger charge is -2.14. The van der Waals surface area contributed by atoms with Crippen molar-refractivity contribution in [1.82, 2.24) is 0 Å². The van der Waals surface area contributed by atoms with Crippen LogP contribution in [0.3, 0.4) is 0 Å². The lowest BCUT2D eigenvalue weighted by molar-refractivity contribution is -0.385. The molecular weight excluding hydrogens is 336 g/mol. The third kappa shape index (κ3) is 3.80. The van der Waals surface area contributed by atoms with Crippen LogP contribution < -0.4 is 10.5 Å². The summed E-state index contributed by atoms with van der Waals surface area (Å²) in [6, 6.07) is 12.2. The Kier molecular flexibility index (Phi) is 4.93. The Balaban J connectivity index is 2.23. The highest BCUT2D eigenvalue weighted by molar-refractivity contribution is 9.10. The highest BCUT2D eigenvalue weighted by Gasteiger charge is 2.15. The van der Waals surface area contributed by atoms with E-state index in [4.69, 9.17) is 10.5 Å². The second-order valence-corrected chi connectivity index (χ2v) is 5.56. The lowest BCUT2D eigenvalue weighted by atomic mass is 10.1. The molecule has 1 atom stereocenters. The Hall–Kier alpha value is -1.92. The Morgan fingerprint density at radius 2 is 2.05 bits per heavy atom. The van der Waals surface area contributed by atoms with E-state index in [1.54, 1.807) is 12.1 Å². The number of hydrogen-bond donors (Lipinski definition) is 1. The molecule has 0 aromatic heterocycles. The molecule has 21 heavy (non-hydrogen) atoms. The van der Waals surface area contributed by atoms with Crippen molar-refractivity contribution in [2.75, 3.05) is 0 Å². The van der Waals surface area contributed by atoms with Crippen molar-refractivity contribution in [2.24, 2.45) is 5.73 Å². The average Bonchev–Trinajstić information content (AvgIpc) is 2.46. The van der Waals surface area contributed by atoms with E-state index in [0.29, 0.717) is 15.8 Å². The lowest BCUT2D eigenvalue weighted by Crippen LogP contribution is -2.08. The molecular formula is C15H15BrN2O3. The summed E-state index contributed by atoms with van der Waals surface area (Å²) in [6.45, 7) is 1.98. The molecule has 2 aromatic carbocycles. The number of ether oxygens (including phenoxy) is 1. The van der Waals surface area contributed by atoms with Crippen molar-refractivity contribution >= 4 is 21.6 Å². The molecule has 2 N–H and O–H groups in total. The molecule has 110 valence electrons. The number of hydrogen-bond acceptors (Lipinski definition) is 4. The van der Waals surface area contributed by atoms with Gasteiger partial charge < -0.3 is 10.5 Å². The highest BCUT2D eigenvalue weighted by atomic mass is 79.9. The standard InChI is InChI=1S/C15H15BrN2O3/c1-10(17)13-4-2-3-5-15(13)21-9-11-6-7-12(16)8-14(11)18(19)20/h2-8,10H,9,17H2,1H3/t10-/m1/s1. The van der Waals surface area contributed by atoms with Crippen LogP contribution >= 0.6 is 15.9 Å². The SMILES string of the molecule is C[C@@H](N)c1ccccc1OCc1ccc(Br)cc1[N+](=O)[O-]. The smallest absolute Gasteiger partial charge is 0.277 e. The largest absolute Gasteiger partial charge is 0.488 e. The quantitative estimate of drug-likeness (QED) is 0.653. The van der Waals surface area contributed by atoms with Gasteiger partial charge in [-0.2, -0.15) is 0 Å². The summed E-state index contributed by atoms with van der Waals surface area (Å²) in [6.07, 6.45) is 0. The van der Waals surface area contributed by atoms with Crippen molar-refractivity contribution in [3.63, 3.8) is 0 Å². The van der Waals surface area contributed by atoms with Gasteiger partial charge in [0, 0.05) is 22.1 Å². The number of para-hydroxylation sites is 1. The second kappa shape index (κ2) is 6.69. The maximum atomic E-state index is 11.1. The number of nitrogens with zero attached hydrogens (tertiary/aromatic N) is 1. The van der Waals surface area contributed by atoms with Crippen LogP contribution in [-0.2, 0) is 6.61 Å². The molecule has 0 bridgehead atoms. The van der Waals surface area contributed by atoms with E-state index in [1.807, 2.05) is 31.2 Å². The van der Waals surface area contributed by atoms with Crippen LogP contribution in [0.15, 0.2) is 46.9 Å². The van der Waals surface area contributed by atoms with Crippen LogP contribution in [0.25, 0.3) is 0 Å². The van der Waals surface area contributed by atoms with Crippen molar-refractivity contribution in [3.8, 4) is 5.75 Å². The van der Waals surface area contributed by atoms with Gasteiger partial charge in [0.15, 0.2) is 0 Å². The summed E-state index contributed by atoms with van der Waals surface area (Å²) in [5, 5.41) is 11.1. The molecule has 0 amide bonds. The van der Waals surface area contributed by atoms with Crippen LogP contribution in [0.2, 0.25) is 0 Å². The molecule has 0 fully saturated rings. The predicted molar refractivity (Wildman–Crippen MR) is 84.2 cm³/mol. The predicted octanol–water partition coefficient (Wildman–Crippen LogP) is 3.96. The summed E-state index contributed by atoms with van der Waals surface area (Å²) in [7, 11) is 0. The van der Waals surface area contributed by atoms with E-state index >= 15 is 0 Å². The Labute approximate surface area is 131 Å². The summed E-state index contributed by atoms with van der Waals surface area (Å²) >= 11 is 3.23. The Bertz CT molecular complexity index is 659. The van der Waals surface area contributed by atoms with E-state index in [9.17, 15) is 10.1 Å².